The number of aliphatic carboxylic acids is 1. The molecule has 0 aromatic carbocycles. The van der Waals surface area contributed by atoms with Gasteiger partial charge in [-0.1, -0.05) is 301 Å². The maximum Gasteiger partial charge on any atom is 0.306 e. The molecule has 0 aromatic rings. The van der Waals surface area contributed by atoms with E-state index in [0.717, 1.165) is 64.2 Å². The number of quaternary nitrogens is 1. The molecule has 81 heavy (non-hydrogen) atoms. The largest absolute Gasteiger partial charge is 0.545 e. The summed E-state index contributed by atoms with van der Waals surface area (Å²) in [5, 5.41) is 11.8. The number of ether oxygens (including phenoxy) is 4. The molecule has 0 aromatic heterocycles. The van der Waals surface area contributed by atoms with Crippen LogP contribution in [0.2, 0.25) is 0 Å². The molecule has 0 rings (SSSR count). The van der Waals surface area contributed by atoms with E-state index < -0.39 is 24.3 Å². The lowest BCUT2D eigenvalue weighted by atomic mass is 10.0. The zero-order valence-corrected chi connectivity index (χ0v) is 54.4. The van der Waals surface area contributed by atoms with Crippen LogP contribution in [0.25, 0.3) is 0 Å². The van der Waals surface area contributed by atoms with Crippen LogP contribution in [0.3, 0.4) is 0 Å². The topological polar surface area (TPSA) is 111 Å². The van der Waals surface area contributed by atoms with Gasteiger partial charge in [0.2, 0.25) is 0 Å². The van der Waals surface area contributed by atoms with Crippen LogP contribution in [0.5, 0.6) is 0 Å². The Morgan fingerprint density at radius 3 is 0.988 bits per heavy atom. The highest BCUT2D eigenvalue weighted by Crippen LogP contribution is 2.18. The summed E-state index contributed by atoms with van der Waals surface area (Å²) in [6.45, 7) is 4.77. The molecule has 0 heterocycles. The SMILES string of the molecule is CCCCCCC/C=C\C/C=C\CCCCCCCCCCCCCCCCCCCCCCCCCCCCCCCC(=O)OC(COC(=O)CCCCCCC/C=C\CCCCCCCC)COC(OCC[N+](C)(C)C)C(=O)[O-]. The molecule has 0 fully saturated rings. The predicted molar refractivity (Wildman–Crippen MR) is 343 cm³/mol. The Labute approximate surface area is 502 Å². The predicted octanol–water partition coefficient (Wildman–Crippen LogP) is 20.3. The molecule has 0 aliphatic rings. The second-order valence-corrected chi connectivity index (χ2v) is 25.2. The summed E-state index contributed by atoms with van der Waals surface area (Å²) in [5.41, 5.74) is 0. The first-order chi connectivity index (χ1) is 39.6. The first-order valence-electron chi connectivity index (χ1n) is 35.1. The van der Waals surface area contributed by atoms with E-state index in [1.165, 1.54) is 257 Å². The average Bonchev–Trinajstić information content (AvgIpc) is 3.44. The number of carbonyl (C=O) groups is 3. The molecule has 0 spiro atoms. The molecule has 2 atom stereocenters. The van der Waals surface area contributed by atoms with Gasteiger partial charge in [-0.25, -0.2) is 0 Å². The van der Waals surface area contributed by atoms with Crippen molar-refractivity contribution >= 4 is 17.9 Å². The monoisotopic (exact) mass is 1140 g/mol. The third-order valence-electron chi connectivity index (χ3n) is 15.9. The van der Waals surface area contributed by atoms with Crippen LogP contribution < -0.4 is 5.11 Å². The molecule has 9 nitrogen and oxygen atoms in total. The fraction of sp³-hybridized carbons (Fsp3) is 0.875. The van der Waals surface area contributed by atoms with Crippen molar-refractivity contribution in [2.45, 2.75) is 360 Å². The van der Waals surface area contributed by atoms with E-state index in [4.69, 9.17) is 18.9 Å². The van der Waals surface area contributed by atoms with Gasteiger partial charge in [-0.3, -0.25) is 9.59 Å². The minimum Gasteiger partial charge on any atom is -0.545 e. The summed E-state index contributed by atoms with van der Waals surface area (Å²) in [6, 6.07) is 0. The van der Waals surface area contributed by atoms with Crippen molar-refractivity contribution in [3.05, 3.63) is 36.5 Å². The molecule has 2 unspecified atom stereocenters. The third kappa shape index (κ3) is 64.9. The Hall–Kier alpha value is -2.49. The highest BCUT2D eigenvalue weighted by Gasteiger charge is 2.22. The van der Waals surface area contributed by atoms with Crippen LogP contribution in [0.4, 0.5) is 0 Å². The number of rotatable bonds is 66. The Kier molecular flexibility index (Phi) is 61.6. The van der Waals surface area contributed by atoms with Crippen LogP contribution in [0.15, 0.2) is 36.5 Å². The van der Waals surface area contributed by atoms with Gasteiger partial charge in [-0.05, 0) is 70.6 Å². The standard InChI is InChI=1S/C72H135NO8/c1-6-8-10-12-14-16-18-20-22-23-24-25-26-27-28-29-30-31-32-33-34-35-36-37-38-39-40-41-42-43-44-45-46-47-49-51-53-55-57-59-61-63-70(75)81-68(67-80-72(71(76)77)78-65-64-73(3,4)5)66-79-69(74)62-60-58-56-54-52-50-48-21-19-17-15-13-11-9-7-2/h18,20-21,23-24,48,68,72H,6-17,19,22,25-47,49-67H2,1-5H3/b20-18-,24-23-,48-21-. The van der Waals surface area contributed by atoms with Crippen molar-refractivity contribution in [3.63, 3.8) is 0 Å². The van der Waals surface area contributed by atoms with Crippen molar-refractivity contribution in [2.75, 3.05) is 47.5 Å². The first-order valence-corrected chi connectivity index (χ1v) is 35.1. The number of nitrogens with zero attached hydrogens (tertiary/aromatic N) is 1. The number of allylic oxidation sites excluding steroid dienone is 6. The zero-order valence-electron chi connectivity index (χ0n) is 54.4. The average molecular weight is 1140 g/mol. The van der Waals surface area contributed by atoms with E-state index in [2.05, 4.69) is 50.3 Å². The molecular weight excluding hydrogens is 1010 g/mol. The van der Waals surface area contributed by atoms with Crippen LogP contribution in [0.1, 0.15) is 348 Å². The zero-order chi connectivity index (χ0) is 59.1. The van der Waals surface area contributed by atoms with Gasteiger partial charge >= 0.3 is 11.9 Å². The van der Waals surface area contributed by atoms with Crippen molar-refractivity contribution in [2.24, 2.45) is 0 Å². The van der Waals surface area contributed by atoms with E-state index >= 15 is 0 Å². The molecular formula is C72H135NO8. The molecule has 0 aliphatic heterocycles. The molecule has 0 radical (unpaired) electrons. The summed E-state index contributed by atoms with van der Waals surface area (Å²) >= 11 is 0. The van der Waals surface area contributed by atoms with Gasteiger partial charge in [0, 0.05) is 12.8 Å². The lowest BCUT2D eigenvalue weighted by Gasteiger charge is -2.26. The van der Waals surface area contributed by atoms with E-state index in [1.54, 1.807) is 0 Å². The highest BCUT2D eigenvalue weighted by atomic mass is 16.7. The molecule has 0 amide bonds. The Morgan fingerprint density at radius 1 is 0.370 bits per heavy atom. The summed E-state index contributed by atoms with van der Waals surface area (Å²) in [5.74, 6) is -2.27. The van der Waals surface area contributed by atoms with Gasteiger partial charge in [-0.15, -0.1) is 0 Å². The van der Waals surface area contributed by atoms with Crippen LogP contribution in [0, 0.1) is 0 Å². The van der Waals surface area contributed by atoms with Gasteiger partial charge in [0.25, 0.3) is 0 Å². The molecule has 0 aliphatic carbocycles. The van der Waals surface area contributed by atoms with Gasteiger partial charge in [0.15, 0.2) is 12.4 Å². The van der Waals surface area contributed by atoms with E-state index in [1.807, 2.05) is 21.1 Å². The molecule has 9 heteroatoms. The number of esters is 2. The Bertz CT molecular complexity index is 1420. The molecule has 0 saturated carbocycles. The van der Waals surface area contributed by atoms with Crippen molar-refractivity contribution in [1.29, 1.82) is 0 Å². The van der Waals surface area contributed by atoms with Crippen molar-refractivity contribution in [1.82, 2.24) is 0 Å². The number of carboxylic acids is 1. The van der Waals surface area contributed by atoms with E-state index in [0.29, 0.717) is 11.0 Å². The van der Waals surface area contributed by atoms with Crippen molar-refractivity contribution < 1.29 is 42.9 Å². The number of carbonyl (C=O) groups excluding carboxylic acids is 3. The summed E-state index contributed by atoms with van der Waals surface area (Å²) in [6.07, 6.45) is 76.9. The summed E-state index contributed by atoms with van der Waals surface area (Å²) < 4.78 is 22.7. The van der Waals surface area contributed by atoms with E-state index in [-0.39, 0.29) is 38.6 Å². The minimum absolute atomic E-state index is 0.149. The number of unbranched alkanes of at least 4 members (excludes halogenated alkanes) is 45. The van der Waals surface area contributed by atoms with Gasteiger partial charge in [0.05, 0.1) is 40.3 Å². The highest BCUT2D eigenvalue weighted by molar-refractivity contribution is 5.70. The number of likely N-dealkylation sites (N-methyl/N-ethyl adjacent to an activating group) is 1. The van der Waals surface area contributed by atoms with E-state index in [9.17, 15) is 19.5 Å². The summed E-state index contributed by atoms with van der Waals surface area (Å²) in [7, 11) is 5.93. The second kappa shape index (κ2) is 63.5. The quantitative estimate of drug-likeness (QED) is 0.0195. The number of hydrogen-bond donors (Lipinski definition) is 0. The maximum absolute atomic E-state index is 12.9. The Morgan fingerprint density at radius 2 is 0.667 bits per heavy atom. The number of hydrogen-bond acceptors (Lipinski definition) is 8. The fourth-order valence-corrected chi connectivity index (χ4v) is 10.4. The smallest absolute Gasteiger partial charge is 0.306 e. The minimum atomic E-state index is -1.62. The normalized spacial score (nSPS) is 12.9. The lowest BCUT2D eigenvalue weighted by molar-refractivity contribution is -0.870. The number of carboxylic acid groups (broad SMARTS) is 1. The van der Waals surface area contributed by atoms with Crippen LogP contribution in [-0.4, -0.2) is 82.3 Å². The lowest BCUT2D eigenvalue weighted by Crippen LogP contribution is -2.44. The maximum atomic E-state index is 12.9. The van der Waals surface area contributed by atoms with Crippen molar-refractivity contribution in [3.8, 4) is 0 Å². The molecule has 0 N–H and O–H groups in total. The summed E-state index contributed by atoms with van der Waals surface area (Å²) in [4.78, 5) is 37.3. The molecule has 0 saturated heterocycles. The van der Waals surface area contributed by atoms with Gasteiger partial charge in [0.1, 0.15) is 13.2 Å². The third-order valence-corrected chi connectivity index (χ3v) is 15.9. The Balaban J connectivity index is 3.90. The van der Waals surface area contributed by atoms with Gasteiger partial charge in [-0.2, -0.15) is 0 Å². The first kappa shape index (κ1) is 78.5. The van der Waals surface area contributed by atoms with Crippen LogP contribution in [-0.2, 0) is 33.3 Å². The molecule has 476 valence electrons. The van der Waals surface area contributed by atoms with Gasteiger partial charge < -0.3 is 33.3 Å². The second-order valence-electron chi connectivity index (χ2n) is 25.2. The molecule has 0 bridgehead atoms. The van der Waals surface area contributed by atoms with Crippen LogP contribution >= 0.6 is 0 Å². The fourth-order valence-electron chi connectivity index (χ4n) is 10.4.